The average molecular weight is 840 g/mol. The summed E-state index contributed by atoms with van der Waals surface area (Å²) in [5.41, 5.74) is -1.05. The quantitative estimate of drug-likeness (QED) is 0.0923. The van der Waals surface area contributed by atoms with E-state index in [1.54, 1.807) is 36.4 Å². The van der Waals surface area contributed by atoms with Gasteiger partial charge in [-0.25, -0.2) is 8.42 Å². The number of azo groups is 2. The number of nitro groups is 2. The van der Waals surface area contributed by atoms with E-state index in [1.807, 2.05) is 0 Å². The summed E-state index contributed by atoms with van der Waals surface area (Å²) < 4.78 is 25.5. The van der Waals surface area contributed by atoms with Crippen molar-refractivity contribution in [2.45, 2.75) is 6.92 Å². The fraction of sp³-hybridized carbons (Fsp3) is 0.0571. The second-order valence-electron chi connectivity index (χ2n) is 11.4. The average Bonchev–Trinajstić information content (AvgIpc) is 3.11. The number of rotatable bonds is 9. The molecule has 2 N–H and O–H groups in total. The number of hydrogen-bond donors (Lipinski definition) is 2. The van der Waals surface area contributed by atoms with Gasteiger partial charge in [-0.15, -0.1) is 0 Å². The van der Waals surface area contributed by atoms with E-state index in [4.69, 9.17) is 0 Å². The molecule has 1 amide bonds. The summed E-state index contributed by atoms with van der Waals surface area (Å²) in [6.45, 7) is 1.33. The molecule has 0 saturated carbocycles. The Morgan fingerprint density at radius 2 is 1.02 bits per heavy atom. The van der Waals surface area contributed by atoms with Gasteiger partial charge in [-0.05, 0) is 22.9 Å². The number of nitrogens with zero attached hydrogens (tertiary/aromatic N) is 6. The minimum Gasteiger partial charge on any atom is -0.871 e. The van der Waals surface area contributed by atoms with Gasteiger partial charge < -0.3 is 25.7 Å². The van der Waals surface area contributed by atoms with Gasteiger partial charge in [0.2, 0.25) is 15.9 Å². The molecule has 0 aliphatic rings. The molecule has 0 fully saturated rings. The maximum Gasteiger partial charge on any atom is 3.00 e. The minimum absolute atomic E-state index is 0. The third-order valence-corrected chi connectivity index (χ3v) is 7.98. The van der Waals surface area contributed by atoms with E-state index in [0.29, 0.717) is 21.8 Å². The Labute approximate surface area is 355 Å². The molecular formula is C35H24CrN8NaO11S. The molecule has 0 atom stereocenters. The van der Waals surface area contributed by atoms with Gasteiger partial charge in [-0.3, -0.25) is 29.7 Å². The topological polar surface area (TPSA) is 303 Å². The van der Waals surface area contributed by atoms with Crippen LogP contribution in [-0.2, 0) is 32.2 Å². The number of nitrogens with one attached hydrogen (secondary N) is 2. The monoisotopic (exact) mass is 839 g/mol. The van der Waals surface area contributed by atoms with Gasteiger partial charge in [0.15, 0.2) is 0 Å². The van der Waals surface area contributed by atoms with Gasteiger partial charge in [0.25, 0.3) is 11.4 Å². The third-order valence-electron chi connectivity index (χ3n) is 7.39. The first kappa shape index (κ1) is 45.2. The fourth-order valence-corrected chi connectivity index (χ4v) is 5.63. The zero-order valence-corrected chi connectivity index (χ0v) is 33.8. The SMILES string of the molecule is CC(=O)Nc1cccc2ccc([O-])c(N=Nc3cc([N+](=O)[O-])ccc3[O-])c12.CS(=O)(=O)Nc1cccc2ccc([O-])c(N=Nc3cc([N+](=O)[O-])ccc3[O-])c12.[Cr+3].[Na+]. The first-order chi connectivity index (χ1) is 26.0. The number of anilines is 2. The van der Waals surface area contributed by atoms with Crippen LogP contribution in [0, 0.1) is 20.2 Å². The van der Waals surface area contributed by atoms with Crippen molar-refractivity contribution in [1.29, 1.82) is 0 Å². The fourth-order valence-electron chi connectivity index (χ4n) is 5.06. The molecule has 19 nitrogen and oxygen atoms in total. The summed E-state index contributed by atoms with van der Waals surface area (Å²) in [4.78, 5) is 31.8. The van der Waals surface area contributed by atoms with Crippen LogP contribution < -0.4 is 60.0 Å². The van der Waals surface area contributed by atoms with Crippen molar-refractivity contribution >= 4 is 83.0 Å². The zero-order valence-electron chi connectivity index (χ0n) is 29.7. The second-order valence-corrected chi connectivity index (χ2v) is 13.2. The zero-order chi connectivity index (χ0) is 40.0. The Morgan fingerprint density at radius 1 is 0.614 bits per heavy atom. The van der Waals surface area contributed by atoms with E-state index >= 15 is 0 Å². The van der Waals surface area contributed by atoms with Crippen molar-refractivity contribution < 1.29 is 90.4 Å². The maximum absolute atomic E-state index is 12.3. The predicted octanol–water partition coefficient (Wildman–Crippen LogP) is 2.95. The summed E-state index contributed by atoms with van der Waals surface area (Å²) in [5.74, 6) is -2.54. The van der Waals surface area contributed by atoms with E-state index in [-0.39, 0.29) is 98.0 Å². The van der Waals surface area contributed by atoms with E-state index in [1.165, 1.54) is 31.2 Å². The Hall–Kier alpha value is -6.21. The molecule has 0 heterocycles. The van der Waals surface area contributed by atoms with Crippen molar-refractivity contribution in [2.24, 2.45) is 20.5 Å². The molecule has 0 spiro atoms. The second kappa shape index (κ2) is 19.1. The van der Waals surface area contributed by atoms with Gasteiger partial charge >= 0.3 is 46.9 Å². The van der Waals surface area contributed by atoms with Crippen LogP contribution in [0.15, 0.2) is 118 Å². The molecule has 283 valence electrons. The van der Waals surface area contributed by atoms with Crippen LogP contribution in [0.5, 0.6) is 23.0 Å². The number of non-ortho nitro benzene ring substituents is 2. The van der Waals surface area contributed by atoms with E-state index in [9.17, 15) is 53.9 Å². The Morgan fingerprint density at radius 3 is 1.42 bits per heavy atom. The molecular weight excluding hydrogens is 815 g/mol. The van der Waals surface area contributed by atoms with Crippen molar-refractivity contribution in [3.8, 4) is 23.0 Å². The number of carbonyl (C=O) groups excluding carboxylic acids is 1. The standard InChI is InChI=1S/C18H14N4O5.C17H14N4O6S.Cr.Na/c1-10(23)19-13-4-2-3-11-5-7-16(25)18(17(11)13)21-20-14-9-12(22(26)27)6-8-15(14)24;1-28(26,27)20-12-4-2-3-10-5-7-15(23)17(16(10)12)19-18-13-9-11(21(24)25)6-8-14(13)22;;/h2-9,24-25H,1H3,(H,19,23);2-9,20,22-23H,1H3;;/q;;+3;+1/p-4. The minimum atomic E-state index is -3.64. The van der Waals surface area contributed by atoms with Gasteiger partial charge in [0.05, 0.1) is 50.2 Å². The van der Waals surface area contributed by atoms with Gasteiger partial charge in [0.1, 0.15) is 0 Å². The number of fused-ring (bicyclic) bond motifs is 2. The Balaban J connectivity index is 0.000000295. The van der Waals surface area contributed by atoms with Crippen LogP contribution in [0.2, 0.25) is 0 Å². The molecule has 22 heteroatoms. The molecule has 0 aliphatic heterocycles. The van der Waals surface area contributed by atoms with E-state index in [2.05, 4.69) is 30.5 Å². The normalized spacial score (nSPS) is 11.0. The van der Waals surface area contributed by atoms with Crippen LogP contribution in [0.3, 0.4) is 0 Å². The molecule has 1 radical (unpaired) electrons. The van der Waals surface area contributed by atoms with Crippen molar-refractivity contribution in [1.82, 2.24) is 0 Å². The molecule has 57 heavy (non-hydrogen) atoms. The molecule has 6 aromatic rings. The number of benzene rings is 6. The van der Waals surface area contributed by atoms with Crippen LogP contribution in [0.4, 0.5) is 45.5 Å². The van der Waals surface area contributed by atoms with Gasteiger partial charge in [-0.2, -0.15) is 20.5 Å². The molecule has 0 saturated heterocycles. The van der Waals surface area contributed by atoms with E-state index in [0.717, 1.165) is 42.7 Å². The predicted molar refractivity (Wildman–Crippen MR) is 193 cm³/mol. The van der Waals surface area contributed by atoms with Crippen LogP contribution >= 0.6 is 0 Å². The summed E-state index contributed by atoms with van der Waals surface area (Å²) in [6, 6.07) is 21.3. The van der Waals surface area contributed by atoms with Gasteiger partial charge in [-0.1, -0.05) is 83.7 Å². The first-order valence-corrected chi connectivity index (χ1v) is 17.4. The maximum atomic E-state index is 12.3. The molecule has 0 aromatic heterocycles. The summed E-state index contributed by atoms with van der Waals surface area (Å²) >= 11 is 0. The summed E-state index contributed by atoms with van der Waals surface area (Å²) in [7, 11) is -3.64. The Kier molecular flexibility index (Phi) is 15.1. The van der Waals surface area contributed by atoms with Crippen molar-refractivity contribution in [3.05, 3.63) is 117 Å². The molecule has 6 aromatic carbocycles. The van der Waals surface area contributed by atoms with Crippen LogP contribution in [0.1, 0.15) is 6.92 Å². The Bertz CT molecular complexity index is 2700. The van der Waals surface area contributed by atoms with E-state index < -0.39 is 42.9 Å². The van der Waals surface area contributed by atoms with Crippen molar-refractivity contribution in [2.75, 3.05) is 16.3 Å². The number of carbonyl (C=O) groups is 1. The smallest absolute Gasteiger partial charge is 0.871 e. The van der Waals surface area contributed by atoms with Gasteiger partial charge in [0, 0.05) is 42.0 Å². The number of hydrogen-bond acceptors (Lipinski definition) is 15. The number of sulfonamides is 1. The molecule has 0 aliphatic carbocycles. The number of amides is 1. The molecule has 0 bridgehead atoms. The van der Waals surface area contributed by atoms with Crippen LogP contribution in [-0.4, -0.2) is 30.4 Å². The summed E-state index contributed by atoms with van der Waals surface area (Å²) in [6.07, 6.45) is 0.959. The van der Waals surface area contributed by atoms with Crippen molar-refractivity contribution in [3.63, 3.8) is 0 Å². The first-order valence-electron chi connectivity index (χ1n) is 15.5. The molecule has 0 unspecified atom stereocenters. The summed E-state index contributed by atoms with van der Waals surface area (Å²) in [5, 5.41) is 89.5. The largest absolute Gasteiger partial charge is 3.00 e. The third kappa shape index (κ3) is 11.2. The number of nitro benzene ring substituents is 2. The molecule has 6 rings (SSSR count). The van der Waals surface area contributed by atoms with Crippen LogP contribution in [0.25, 0.3) is 21.5 Å².